The predicted molar refractivity (Wildman–Crippen MR) is 104 cm³/mol. The van der Waals surface area contributed by atoms with E-state index in [1.807, 2.05) is 19.1 Å². The highest BCUT2D eigenvalue weighted by molar-refractivity contribution is 6.75. The van der Waals surface area contributed by atoms with Crippen molar-refractivity contribution in [2.24, 2.45) is 5.92 Å². The van der Waals surface area contributed by atoms with Gasteiger partial charge in [-0.2, -0.15) is 0 Å². The summed E-state index contributed by atoms with van der Waals surface area (Å²) in [6, 6.07) is 7.01. The number of aryl methyl sites for hydroxylation is 1. The van der Waals surface area contributed by atoms with Crippen LogP contribution in [0.4, 0.5) is 0 Å². The van der Waals surface area contributed by atoms with Crippen LogP contribution in [0.3, 0.4) is 0 Å². The molecule has 0 bridgehead atoms. The van der Waals surface area contributed by atoms with E-state index in [2.05, 4.69) is 40.8 Å². The maximum atomic E-state index is 11.6. The van der Waals surface area contributed by atoms with Gasteiger partial charge in [-0.1, -0.05) is 45.4 Å². The van der Waals surface area contributed by atoms with Crippen molar-refractivity contribution < 1.29 is 19.4 Å². The van der Waals surface area contributed by atoms with E-state index in [-0.39, 0.29) is 16.4 Å². The van der Waals surface area contributed by atoms with Gasteiger partial charge in [0.15, 0.2) is 0 Å². The van der Waals surface area contributed by atoms with Crippen LogP contribution in [0.25, 0.3) is 10.8 Å². The van der Waals surface area contributed by atoms with E-state index in [1.54, 1.807) is 6.07 Å². The number of fused-ring (bicyclic) bond motifs is 1. The van der Waals surface area contributed by atoms with Crippen molar-refractivity contribution >= 4 is 25.1 Å². The second-order valence-electron chi connectivity index (χ2n) is 8.11. The number of hydrogen-bond donors (Lipinski definition) is 2. The monoisotopic (exact) mass is 360 g/mol. The summed E-state index contributed by atoms with van der Waals surface area (Å²) in [6.07, 6.45) is 0. The second-order valence-corrected chi connectivity index (χ2v) is 12.6. The summed E-state index contributed by atoms with van der Waals surface area (Å²) in [6.45, 7) is 15.0. The molecule has 0 aliphatic heterocycles. The molecule has 2 N–H and O–H groups in total. The lowest BCUT2D eigenvalue weighted by atomic mass is 9.99. The normalized spacial score (nSPS) is 12.6. The molecule has 0 fully saturated rings. The van der Waals surface area contributed by atoms with E-state index < -0.39 is 14.3 Å². The Bertz CT molecular complexity index is 822. The highest BCUT2D eigenvalue weighted by Crippen LogP contribution is 2.46. The molecule has 2 aromatic carbocycles. The topological polar surface area (TPSA) is 66.8 Å². The van der Waals surface area contributed by atoms with Gasteiger partial charge >= 0.3 is 5.97 Å². The lowest BCUT2D eigenvalue weighted by Crippen LogP contribution is -2.48. The summed E-state index contributed by atoms with van der Waals surface area (Å²) >= 11 is 0. The van der Waals surface area contributed by atoms with Gasteiger partial charge in [0.05, 0.1) is 0 Å². The fourth-order valence-electron chi connectivity index (χ4n) is 2.84. The second kappa shape index (κ2) is 6.37. The smallest absolute Gasteiger partial charge is 0.339 e. The molecule has 0 heterocycles. The number of rotatable bonds is 5. The minimum atomic E-state index is -2.22. The Kier molecular flexibility index (Phi) is 4.92. The summed E-state index contributed by atoms with van der Waals surface area (Å²) in [5.41, 5.74) is 0.904. The molecule has 0 spiro atoms. The van der Waals surface area contributed by atoms with E-state index in [4.69, 9.17) is 4.43 Å². The Morgan fingerprint density at radius 1 is 1.16 bits per heavy atom. The summed E-state index contributed by atoms with van der Waals surface area (Å²) < 4.78 is 6.51. The minimum Gasteiger partial charge on any atom is -0.543 e. The molecule has 0 amide bonds. The number of carbonyl (C=O) groups is 1. The van der Waals surface area contributed by atoms with E-state index in [1.165, 1.54) is 6.07 Å². The minimum absolute atomic E-state index is 0.00950. The highest BCUT2D eigenvalue weighted by Gasteiger charge is 2.45. The van der Waals surface area contributed by atoms with Crippen molar-refractivity contribution in [3.63, 3.8) is 0 Å². The standard InChI is InChI=1S/C20H28O4Si/c1-12(2)20(4,5)25(6,7)24-17-11-16(19(22)23)18(21)14-9-8-13(3)10-15(14)17/h8-12,21H,1-7H3,(H,22,23). The van der Waals surface area contributed by atoms with Gasteiger partial charge in [0.1, 0.15) is 17.1 Å². The summed E-state index contributed by atoms with van der Waals surface area (Å²) in [4.78, 5) is 11.6. The summed E-state index contributed by atoms with van der Waals surface area (Å²) in [5, 5.41) is 21.1. The Morgan fingerprint density at radius 3 is 2.28 bits per heavy atom. The number of benzene rings is 2. The van der Waals surface area contributed by atoms with Gasteiger partial charge in [-0.05, 0) is 43.1 Å². The SMILES string of the molecule is Cc1ccc2c(O)c(C(=O)O)cc(O[Si](C)(C)C(C)(C)C(C)C)c2c1. The maximum absolute atomic E-state index is 11.6. The van der Waals surface area contributed by atoms with Gasteiger partial charge < -0.3 is 14.6 Å². The lowest BCUT2D eigenvalue weighted by molar-refractivity contribution is 0.0693. The zero-order valence-corrected chi connectivity index (χ0v) is 17.1. The first kappa shape index (κ1) is 19.3. The van der Waals surface area contributed by atoms with Crippen LogP contribution in [0.2, 0.25) is 18.1 Å². The Hall–Kier alpha value is -2.01. The molecule has 0 atom stereocenters. The van der Waals surface area contributed by atoms with Gasteiger partial charge in [0, 0.05) is 10.8 Å². The van der Waals surface area contributed by atoms with Crippen molar-refractivity contribution in [1.29, 1.82) is 0 Å². The van der Waals surface area contributed by atoms with Crippen molar-refractivity contribution in [3.8, 4) is 11.5 Å². The molecule has 5 heteroatoms. The van der Waals surface area contributed by atoms with Crippen LogP contribution in [-0.2, 0) is 0 Å². The van der Waals surface area contributed by atoms with Gasteiger partial charge in [0.2, 0.25) is 0 Å². The first-order valence-electron chi connectivity index (χ1n) is 8.57. The van der Waals surface area contributed by atoms with Crippen molar-refractivity contribution in [3.05, 3.63) is 35.4 Å². The van der Waals surface area contributed by atoms with Gasteiger partial charge in [-0.3, -0.25) is 0 Å². The Morgan fingerprint density at radius 2 is 1.76 bits per heavy atom. The number of aromatic hydroxyl groups is 1. The van der Waals surface area contributed by atoms with Crippen LogP contribution < -0.4 is 4.43 Å². The molecule has 0 saturated carbocycles. The molecule has 25 heavy (non-hydrogen) atoms. The Balaban J connectivity index is 2.70. The molecule has 0 saturated heterocycles. The molecular formula is C20H28O4Si. The number of hydrogen-bond acceptors (Lipinski definition) is 3. The van der Waals surface area contributed by atoms with Crippen molar-refractivity contribution in [2.75, 3.05) is 0 Å². The number of phenols is 1. The molecule has 0 aliphatic carbocycles. The van der Waals surface area contributed by atoms with E-state index in [0.717, 1.165) is 10.9 Å². The van der Waals surface area contributed by atoms with Crippen LogP contribution >= 0.6 is 0 Å². The van der Waals surface area contributed by atoms with E-state index >= 15 is 0 Å². The summed E-state index contributed by atoms with van der Waals surface area (Å²) in [7, 11) is -2.22. The van der Waals surface area contributed by atoms with E-state index in [0.29, 0.717) is 17.1 Å². The number of carboxylic acids is 1. The van der Waals surface area contributed by atoms with Crippen LogP contribution in [0, 0.1) is 12.8 Å². The van der Waals surface area contributed by atoms with Crippen molar-refractivity contribution in [1.82, 2.24) is 0 Å². The molecule has 0 aromatic heterocycles. The molecule has 0 unspecified atom stereocenters. The average molecular weight is 361 g/mol. The van der Waals surface area contributed by atoms with Gasteiger partial charge in [-0.15, -0.1) is 0 Å². The van der Waals surface area contributed by atoms with E-state index in [9.17, 15) is 15.0 Å². The molecular weight excluding hydrogens is 332 g/mol. The molecule has 4 nitrogen and oxygen atoms in total. The predicted octanol–water partition coefficient (Wildman–Crippen LogP) is 5.57. The third kappa shape index (κ3) is 3.38. The van der Waals surface area contributed by atoms with Crippen molar-refractivity contribution in [2.45, 2.75) is 52.8 Å². The quantitative estimate of drug-likeness (QED) is 0.684. The number of carboxylic acid groups (broad SMARTS) is 1. The third-order valence-corrected chi connectivity index (χ3v) is 10.2. The highest BCUT2D eigenvalue weighted by atomic mass is 28.4. The first-order chi connectivity index (χ1) is 11.4. The van der Waals surface area contributed by atoms with Gasteiger partial charge in [0.25, 0.3) is 8.32 Å². The zero-order chi connectivity index (χ0) is 19.2. The lowest BCUT2D eigenvalue weighted by Gasteiger charge is -2.42. The molecule has 0 radical (unpaired) electrons. The maximum Gasteiger partial charge on any atom is 0.339 e. The van der Waals surface area contributed by atoms with Crippen LogP contribution in [0.15, 0.2) is 24.3 Å². The zero-order valence-electron chi connectivity index (χ0n) is 16.1. The average Bonchev–Trinajstić information content (AvgIpc) is 2.49. The molecule has 136 valence electrons. The van der Waals surface area contributed by atoms with Crippen LogP contribution in [0.5, 0.6) is 11.5 Å². The third-order valence-electron chi connectivity index (χ3n) is 5.82. The largest absolute Gasteiger partial charge is 0.543 e. The fraction of sp³-hybridized carbons (Fsp3) is 0.450. The number of aromatic carboxylic acids is 1. The van der Waals surface area contributed by atoms with Crippen LogP contribution in [0.1, 0.15) is 43.6 Å². The summed E-state index contributed by atoms with van der Waals surface area (Å²) in [5.74, 6) is -0.401. The molecule has 2 aromatic rings. The molecule has 0 aliphatic rings. The van der Waals surface area contributed by atoms with Crippen LogP contribution in [-0.4, -0.2) is 24.5 Å². The van der Waals surface area contributed by atoms with Gasteiger partial charge in [-0.25, -0.2) is 4.79 Å². The molecule has 2 rings (SSSR count). The first-order valence-corrected chi connectivity index (χ1v) is 11.5. The Labute approximate surface area is 150 Å². The fourth-order valence-corrected chi connectivity index (χ4v) is 5.21.